The minimum atomic E-state index is -1.80. The molecule has 2 heterocycles. The van der Waals surface area contributed by atoms with Crippen LogP contribution < -0.4 is 5.32 Å². The van der Waals surface area contributed by atoms with Crippen LogP contribution in [0, 0.1) is 0 Å². The lowest BCUT2D eigenvalue weighted by atomic mass is 9.97. The second kappa shape index (κ2) is 64.7. The summed E-state index contributed by atoms with van der Waals surface area (Å²) in [6.07, 6.45) is 78.3. The molecule has 2 aliphatic heterocycles. The first-order chi connectivity index (χ1) is 47.1. The predicted octanol–water partition coefficient (Wildman–Crippen LogP) is 17.2. The maximum absolute atomic E-state index is 13.4. The molecule has 0 radical (unpaired) electrons. The van der Waals surface area contributed by atoms with Gasteiger partial charge in [-0.2, -0.15) is 0 Å². The van der Waals surface area contributed by atoms with Gasteiger partial charge in [0.2, 0.25) is 5.91 Å². The first kappa shape index (κ1) is 88.5. The lowest BCUT2D eigenvalue weighted by Crippen LogP contribution is -2.65. The molecule has 0 aromatic carbocycles. The van der Waals surface area contributed by atoms with Crippen molar-refractivity contribution in [3.63, 3.8) is 0 Å². The van der Waals surface area contributed by atoms with Crippen molar-refractivity contribution >= 4 is 5.91 Å². The summed E-state index contributed by atoms with van der Waals surface area (Å²) in [7, 11) is 0. The number of unbranched alkanes of at least 4 members (excludes halogenated alkanes) is 32. The highest BCUT2D eigenvalue weighted by Crippen LogP contribution is 2.30. The highest BCUT2D eigenvalue weighted by Gasteiger charge is 2.51. The van der Waals surface area contributed by atoms with E-state index in [0.717, 1.165) is 109 Å². The summed E-state index contributed by atoms with van der Waals surface area (Å²) in [5.41, 5.74) is 0. The van der Waals surface area contributed by atoms with Gasteiger partial charge in [0.1, 0.15) is 48.8 Å². The van der Waals surface area contributed by atoms with Gasteiger partial charge in [0, 0.05) is 6.42 Å². The van der Waals surface area contributed by atoms with E-state index in [2.05, 4.69) is 129 Å². The summed E-state index contributed by atoms with van der Waals surface area (Å²) >= 11 is 0. The fourth-order valence-electron chi connectivity index (χ4n) is 12.1. The topological polar surface area (TPSA) is 228 Å². The average Bonchev–Trinajstić information content (AvgIpc) is 0.812. The molecule has 14 heteroatoms. The maximum Gasteiger partial charge on any atom is 0.220 e. The normalized spacial score (nSPS) is 22.9. The second-order valence-electron chi connectivity index (χ2n) is 26.8. The molecule has 2 rings (SSSR count). The molecule has 2 fully saturated rings. The average molecular weight is 1350 g/mol. The lowest BCUT2D eigenvalue weighted by molar-refractivity contribution is -0.359. The van der Waals surface area contributed by atoms with E-state index in [9.17, 15) is 45.6 Å². The van der Waals surface area contributed by atoms with Crippen LogP contribution in [-0.2, 0) is 23.7 Å². The lowest BCUT2D eigenvalue weighted by Gasteiger charge is -2.46. The molecular weight excluding hydrogens is 1210 g/mol. The van der Waals surface area contributed by atoms with Crippen LogP contribution in [0.3, 0.4) is 0 Å². The highest BCUT2D eigenvalue weighted by atomic mass is 16.7. The fourth-order valence-corrected chi connectivity index (χ4v) is 12.1. The minimum Gasteiger partial charge on any atom is -0.394 e. The van der Waals surface area contributed by atoms with E-state index in [1.807, 2.05) is 6.08 Å². The third-order valence-corrected chi connectivity index (χ3v) is 18.2. The fraction of sp³-hybridized carbons (Fsp3) is 0.744. The molecule has 0 saturated carbocycles. The molecule has 9 N–H and O–H groups in total. The Hall–Kier alpha value is -3.61. The quantitative estimate of drug-likeness (QED) is 0.0204. The van der Waals surface area contributed by atoms with Crippen molar-refractivity contribution in [3.05, 3.63) is 122 Å². The number of allylic oxidation sites excluding steroid dienone is 19. The van der Waals surface area contributed by atoms with Crippen LogP contribution in [0.25, 0.3) is 0 Å². The molecule has 96 heavy (non-hydrogen) atoms. The second-order valence-corrected chi connectivity index (χ2v) is 26.8. The molecular formula is C82H141NO13. The molecule has 0 bridgehead atoms. The van der Waals surface area contributed by atoms with Crippen LogP contribution >= 0.6 is 0 Å². The van der Waals surface area contributed by atoms with Crippen LogP contribution in [0.2, 0.25) is 0 Å². The van der Waals surface area contributed by atoms with Crippen LogP contribution in [0.15, 0.2) is 122 Å². The van der Waals surface area contributed by atoms with Gasteiger partial charge in [0.25, 0.3) is 0 Å². The highest BCUT2D eigenvalue weighted by molar-refractivity contribution is 5.76. The van der Waals surface area contributed by atoms with Crippen molar-refractivity contribution in [2.24, 2.45) is 0 Å². The van der Waals surface area contributed by atoms with E-state index in [-0.39, 0.29) is 18.9 Å². The van der Waals surface area contributed by atoms with Crippen molar-refractivity contribution in [1.29, 1.82) is 0 Å². The zero-order valence-electron chi connectivity index (χ0n) is 60.3. The summed E-state index contributed by atoms with van der Waals surface area (Å²) in [4.78, 5) is 13.4. The zero-order chi connectivity index (χ0) is 69.4. The van der Waals surface area contributed by atoms with Crippen molar-refractivity contribution in [2.45, 2.75) is 370 Å². The molecule has 14 nitrogen and oxygen atoms in total. The number of carbonyl (C=O) groups is 1. The van der Waals surface area contributed by atoms with E-state index >= 15 is 0 Å². The third-order valence-electron chi connectivity index (χ3n) is 18.2. The maximum atomic E-state index is 13.4. The number of hydrogen-bond acceptors (Lipinski definition) is 13. The molecule has 0 aliphatic carbocycles. The van der Waals surface area contributed by atoms with Crippen LogP contribution in [-0.4, -0.2) is 140 Å². The predicted molar refractivity (Wildman–Crippen MR) is 396 cm³/mol. The minimum absolute atomic E-state index is 0.251. The Morgan fingerprint density at radius 2 is 0.719 bits per heavy atom. The smallest absolute Gasteiger partial charge is 0.220 e. The molecule has 1 amide bonds. The zero-order valence-corrected chi connectivity index (χ0v) is 60.3. The molecule has 0 spiro atoms. The SMILES string of the molecule is CC/C=C\C/C=C\C/C=C\C/C=C\C/C=C\C/C=C\C/C=C\C/C=C\C/C=C\CCCCCCCC(=O)NC(COC1OC(CO)C(OC2OC(CO)C(O)C(O)C2O)C(O)C1O)C(O)/C=C/CCCCCCCCCCCCCCCCCCCCCCCCCCCCC. The van der Waals surface area contributed by atoms with Gasteiger partial charge in [-0.1, -0.05) is 322 Å². The van der Waals surface area contributed by atoms with Crippen LogP contribution in [0.4, 0.5) is 0 Å². The van der Waals surface area contributed by atoms with Crippen molar-refractivity contribution < 1.29 is 64.6 Å². The number of hydrogen-bond donors (Lipinski definition) is 9. The number of aliphatic hydroxyl groups excluding tert-OH is 8. The molecule has 2 saturated heterocycles. The van der Waals surface area contributed by atoms with Gasteiger partial charge in [-0.15, -0.1) is 0 Å². The summed E-state index contributed by atoms with van der Waals surface area (Å²) in [5, 5.41) is 87.6. The Kier molecular flexibility index (Phi) is 59.7. The van der Waals surface area contributed by atoms with Gasteiger partial charge in [0.15, 0.2) is 12.6 Å². The number of rotatable bonds is 63. The Labute approximate surface area is 584 Å². The van der Waals surface area contributed by atoms with Crippen LogP contribution in [0.5, 0.6) is 0 Å². The summed E-state index contributed by atoms with van der Waals surface area (Å²) in [6, 6.07) is -0.937. The van der Waals surface area contributed by atoms with Gasteiger partial charge in [-0.05, 0) is 89.9 Å². The van der Waals surface area contributed by atoms with E-state index in [4.69, 9.17) is 18.9 Å². The van der Waals surface area contributed by atoms with Crippen molar-refractivity contribution in [2.75, 3.05) is 19.8 Å². The van der Waals surface area contributed by atoms with E-state index in [1.54, 1.807) is 6.08 Å². The van der Waals surface area contributed by atoms with Crippen LogP contribution in [0.1, 0.15) is 296 Å². The Bertz CT molecular complexity index is 2080. The van der Waals surface area contributed by atoms with E-state index in [1.165, 1.54) is 161 Å². The number of amides is 1. The molecule has 0 aromatic heterocycles. The standard InChI is InChI=1S/C82H141NO13/c1-3-5-7-9-11-13-15-17-19-21-23-25-27-29-31-33-34-35-36-38-40-42-44-46-48-50-52-54-56-58-60-62-64-66-74(87)83-70(69-93-81-79(92)77(90)80(73(68-85)95-81)96-82-78(91)76(89)75(88)72(67-84)94-82)71(86)65-63-61-59-57-55-53-51-49-47-45-43-41-39-37-32-30-28-26-24-22-20-18-16-14-12-10-8-6-4-2/h5,7,11,13,17,19,23,25,29,31,34-35,38,40,44,46,50,52,63,65,70-73,75-82,84-86,88-92H,3-4,6,8-10,12,14-16,18,20-22,24,26-28,30,32-33,36-37,39,41-43,45,47-49,51,53-62,64,66-69H2,1-2H3,(H,83,87)/b7-5-,13-11-,19-17-,25-23-,31-29-,35-34-,40-38-,46-44-,52-50-,65-63+. The van der Waals surface area contributed by atoms with Crippen molar-refractivity contribution in [3.8, 4) is 0 Å². The summed E-state index contributed by atoms with van der Waals surface area (Å²) in [6.45, 7) is 2.70. The van der Waals surface area contributed by atoms with Gasteiger partial charge >= 0.3 is 0 Å². The molecule has 2 aliphatic rings. The Balaban J connectivity index is 1.67. The summed E-state index contributed by atoms with van der Waals surface area (Å²) in [5.74, 6) is -0.260. The number of ether oxygens (including phenoxy) is 4. The van der Waals surface area contributed by atoms with Gasteiger partial charge < -0.3 is 65.1 Å². The summed E-state index contributed by atoms with van der Waals surface area (Å²) < 4.78 is 22.9. The third kappa shape index (κ3) is 47.4. The first-order valence-electron chi connectivity index (χ1n) is 38.8. The van der Waals surface area contributed by atoms with Gasteiger partial charge in [-0.3, -0.25) is 4.79 Å². The number of carbonyl (C=O) groups excluding carboxylic acids is 1. The Morgan fingerprint density at radius 1 is 0.385 bits per heavy atom. The molecule has 12 unspecified atom stereocenters. The molecule has 552 valence electrons. The first-order valence-corrected chi connectivity index (χ1v) is 38.8. The van der Waals surface area contributed by atoms with E-state index < -0.39 is 86.8 Å². The molecule has 0 aromatic rings. The van der Waals surface area contributed by atoms with Crippen molar-refractivity contribution in [1.82, 2.24) is 5.32 Å². The van der Waals surface area contributed by atoms with Gasteiger partial charge in [-0.25, -0.2) is 0 Å². The van der Waals surface area contributed by atoms with Gasteiger partial charge in [0.05, 0.1) is 32.0 Å². The number of aliphatic hydroxyl groups is 8. The number of nitrogens with one attached hydrogen (secondary N) is 1. The Morgan fingerprint density at radius 3 is 1.10 bits per heavy atom. The monoisotopic (exact) mass is 1350 g/mol. The molecule has 12 atom stereocenters. The largest absolute Gasteiger partial charge is 0.394 e. The van der Waals surface area contributed by atoms with E-state index in [0.29, 0.717) is 6.42 Å².